The maximum absolute atomic E-state index is 11.7. The molecule has 2 aromatic rings. The summed E-state index contributed by atoms with van der Waals surface area (Å²) in [6.45, 7) is 3.95. The highest BCUT2D eigenvalue weighted by atomic mass is 127. The van der Waals surface area contributed by atoms with Gasteiger partial charge >= 0.3 is 5.97 Å². The molecule has 0 amide bonds. The summed E-state index contributed by atoms with van der Waals surface area (Å²) in [5.41, 5.74) is 1.54. The molecule has 9 heteroatoms. The van der Waals surface area contributed by atoms with Gasteiger partial charge < -0.3 is 29.4 Å². The number of nitrogens with one attached hydrogen (secondary N) is 2. The summed E-state index contributed by atoms with van der Waals surface area (Å²) < 4.78 is 15.9. The lowest BCUT2D eigenvalue weighted by Crippen LogP contribution is -2.44. The number of aryl methyl sites for hydroxylation is 1. The van der Waals surface area contributed by atoms with Crippen LogP contribution in [0.25, 0.3) is 0 Å². The molecule has 1 atom stereocenters. The minimum absolute atomic E-state index is 0. The number of hydrogen-bond acceptors (Lipinski definition) is 6. The number of rotatable bonds is 6. The highest BCUT2D eigenvalue weighted by Crippen LogP contribution is 2.30. The van der Waals surface area contributed by atoms with E-state index in [-0.39, 0.29) is 30.0 Å². The molecule has 3 rings (SSSR count). The SMILES string of the molecule is CN=C(NCc1cc(C(=O)OC)c(C)o1)NC1CCN(c2ccccc2OC)C1.I. The van der Waals surface area contributed by atoms with Crippen molar-refractivity contribution in [2.45, 2.75) is 25.9 Å². The first-order valence-corrected chi connectivity index (χ1v) is 9.58. The number of anilines is 1. The molecule has 1 saturated heterocycles. The summed E-state index contributed by atoms with van der Waals surface area (Å²) in [4.78, 5) is 18.3. The standard InChI is InChI=1S/C21H28N4O4.HI/c1-14-17(20(26)28-4)11-16(29-14)12-23-21(22-2)24-15-9-10-25(13-15)18-7-5-6-8-19(18)27-3;/h5-8,11,15H,9-10,12-13H2,1-4H3,(H2,22,23,24);1H. The fourth-order valence-corrected chi connectivity index (χ4v) is 3.49. The van der Waals surface area contributed by atoms with E-state index in [4.69, 9.17) is 13.9 Å². The van der Waals surface area contributed by atoms with Gasteiger partial charge in [0.05, 0.1) is 26.5 Å². The Bertz CT molecular complexity index is 884. The molecule has 0 radical (unpaired) electrons. The maximum atomic E-state index is 11.7. The van der Waals surface area contributed by atoms with Crippen LogP contribution in [0.1, 0.15) is 28.3 Å². The van der Waals surface area contributed by atoms with Crippen LogP contribution in [0.4, 0.5) is 5.69 Å². The molecule has 0 bridgehead atoms. The van der Waals surface area contributed by atoms with E-state index in [1.165, 1.54) is 7.11 Å². The quantitative estimate of drug-likeness (QED) is 0.258. The van der Waals surface area contributed by atoms with Gasteiger partial charge in [0.2, 0.25) is 0 Å². The zero-order valence-electron chi connectivity index (χ0n) is 17.7. The van der Waals surface area contributed by atoms with Gasteiger partial charge in [-0.25, -0.2) is 4.79 Å². The van der Waals surface area contributed by atoms with Gasteiger partial charge in [0.15, 0.2) is 5.96 Å². The predicted octanol–water partition coefficient (Wildman–Crippen LogP) is 2.95. The number of hydrogen-bond donors (Lipinski definition) is 2. The molecule has 1 aliphatic heterocycles. The second kappa shape index (κ2) is 11.1. The molecule has 0 spiro atoms. The minimum atomic E-state index is -0.401. The number of aliphatic imine (C=N–C) groups is 1. The highest BCUT2D eigenvalue weighted by Gasteiger charge is 2.25. The number of guanidine groups is 1. The second-order valence-corrected chi connectivity index (χ2v) is 6.85. The van der Waals surface area contributed by atoms with E-state index in [0.29, 0.717) is 29.6 Å². The van der Waals surface area contributed by atoms with Crippen LogP contribution in [0.5, 0.6) is 5.75 Å². The lowest BCUT2D eigenvalue weighted by atomic mass is 10.2. The highest BCUT2D eigenvalue weighted by molar-refractivity contribution is 14.0. The van der Waals surface area contributed by atoms with Crippen molar-refractivity contribution >= 4 is 41.6 Å². The number of esters is 1. The molecule has 2 heterocycles. The molecule has 1 aromatic heterocycles. The number of nitrogens with zero attached hydrogens (tertiary/aromatic N) is 2. The number of furan rings is 1. The Morgan fingerprint density at radius 1 is 1.33 bits per heavy atom. The maximum Gasteiger partial charge on any atom is 0.341 e. The largest absolute Gasteiger partial charge is 0.495 e. The van der Waals surface area contributed by atoms with Crippen molar-refractivity contribution in [2.75, 3.05) is 39.3 Å². The molecule has 0 saturated carbocycles. The van der Waals surface area contributed by atoms with Gasteiger partial charge in [-0.05, 0) is 31.5 Å². The number of para-hydroxylation sites is 2. The summed E-state index contributed by atoms with van der Waals surface area (Å²) >= 11 is 0. The first-order chi connectivity index (χ1) is 14.0. The lowest BCUT2D eigenvalue weighted by molar-refractivity contribution is 0.0599. The van der Waals surface area contributed by atoms with Crippen molar-refractivity contribution in [3.05, 3.63) is 47.4 Å². The minimum Gasteiger partial charge on any atom is -0.495 e. The number of carbonyl (C=O) groups excluding carboxylic acids is 1. The lowest BCUT2D eigenvalue weighted by Gasteiger charge is -2.22. The fourth-order valence-electron chi connectivity index (χ4n) is 3.49. The zero-order valence-corrected chi connectivity index (χ0v) is 20.1. The summed E-state index contributed by atoms with van der Waals surface area (Å²) in [7, 11) is 4.78. The Morgan fingerprint density at radius 2 is 2.10 bits per heavy atom. The van der Waals surface area contributed by atoms with Crippen LogP contribution in [-0.4, -0.2) is 52.3 Å². The van der Waals surface area contributed by atoms with E-state index in [1.807, 2.05) is 18.2 Å². The molecule has 1 aromatic carbocycles. The first-order valence-electron chi connectivity index (χ1n) is 9.58. The van der Waals surface area contributed by atoms with E-state index in [0.717, 1.165) is 30.9 Å². The molecule has 0 aliphatic carbocycles. The van der Waals surface area contributed by atoms with E-state index >= 15 is 0 Å². The van der Waals surface area contributed by atoms with Crippen LogP contribution in [-0.2, 0) is 11.3 Å². The second-order valence-electron chi connectivity index (χ2n) is 6.85. The van der Waals surface area contributed by atoms with Crippen LogP contribution in [0.15, 0.2) is 39.7 Å². The van der Waals surface area contributed by atoms with Gasteiger partial charge in [-0.3, -0.25) is 4.99 Å². The normalized spacial score (nSPS) is 16.1. The molecule has 2 N–H and O–H groups in total. The van der Waals surface area contributed by atoms with Crippen molar-refractivity contribution in [1.82, 2.24) is 10.6 Å². The Kier molecular flexibility index (Phi) is 8.82. The summed E-state index contributed by atoms with van der Waals surface area (Å²) in [6.07, 6.45) is 0.991. The van der Waals surface area contributed by atoms with E-state index in [1.54, 1.807) is 27.1 Å². The molecule has 1 unspecified atom stereocenters. The number of benzene rings is 1. The molecule has 30 heavy (non-hydrogen) atoms. The molecular formula is C21H29IN4O4. The number of ether oxygens (including phenoxy) is 2. The summed E-state index contributed by atoms with van der Waals surface area (Å²) in [6, 6.07) is 10.0. The Labute approximate surface area is 194 Å². The van der Waals surface area contributed by atoms with Crippen LogP contribution in [0.3, 0.4) is 0 Å². The number of methoxy groups -OCH3 is 2. The predicted molar refractivity (Wildman–Crippen MR) is 127 cm³/mol. The Balaban J connectivity index is 0.00000320. The van der Waals surface area contributed by atoms with Gasteiger partial charge in [0, 0.05) is 26.2 Å². The van der Waals surface area contributed by atoms with Gasteiger partial charge in [0.25, 0.3) is 0 Å². The van der Waals surface area contributed by atoms with Gasteiger partial charge in [-0.1, -0.05) is 12.1 Å². The van der Waals surface area contributed by atoms with Gasteiger partial charge in [-0.15, -0.1) is 24.0 Å². The molecular weight excluding hydrogens is 499 g/mol. The average molecular weight is 528 g/mol. The molecule has 1 fully saturated rings. The van der Waals surface area contributed by atoms with Crippen molar-refractivity contribution in [3.8, 4) is 5.75 Å². The molecule has 164 valence electrons. The fraction of sp³-hybridized carbons (Fsp3) is 0.429. The third-order valence-corrected chi connectivity index (χ3v) is 4.98. The zero-order chi connectivity index (χ0) is 20.8. The smallest absolute Gasteiger partial charge is 0.341 e. The van der Waals surface area contributed by atoms with Crippen LogP contribution >= 0.6 is 24.0 Å². The number of carbonyl (C=O) groups is 1. The van der Waals surface area contributed by atoms with Crippen molar-refractivity contribution in [3.63, 3.8) is 0 Å². The van der Waals surface area contributed by atoms with Gasteiger partial charge in [0.1, 0.15) is 22.8 Å². The summed E-state index contributed by atoms with van der Waals surface area (Å²) in [5.74, 6) is 2.35. The average Bonchev–Trinajstić information content (AvgIpc) is 3.36. The van der Waals surface area contributed by atoms with E-state index in [2.05, 4.69) is 26.6 Å². The molecule has 8 nitrogen and oxygen atoms in total. The monoisotopic (exact) mass is 528 g/mol. The molecule has 1 aliphatic rings. The van der Waals surface area contributed by atoms with Crippen molar-refractivity contribution < 1.29 is 18.7 Å². The summed E-state index contributed by atoms with van der Waals surface area (Å²) in [5, 5.41) is 6.69. The number of halogens is 1. The first kappa shape index (κ1) is 23.8. The third kappa shape index (κ3) is 5.59. The third-order valence-electron chi connectivity index (χ3n) is 4.98. The van der Waals surface area contributed by atoms with Gasteiger partial charge in [-0.2, -0.15) is 0 Å². The van der Waals surface area contributed by atoms with Crippen LogP contribution < -0.4 is 20.3 Å². The van der Waals surface area contributed by atoms with E-state index < -0.39 is 5.97 Å². The van der Waals surface area contributed by atoms with Crippen molar-refractivity contribution in [1.29, 1.82) is 0 Å². The van der Waals surface area contributed by atoms with Crippen molar-refractivity contribution in [2.24, 2.45) is 4.99 Å². The van der Waals surface area contributed by atoms with Crippen LogP contribution in [0.2, 0.25) is 0 Å². The Hall–Kier alpha value is -2.43. The van der Waals surface area contributed by atoms with Crippen LogP contribution in [0, 0.1) is 6.92 Å². The topological polar surface area (TPSA) is 88.3 Å². The van der Waals surface area contributed by atoms with E-state index in [9.17, 15) is 4.79 Å². The Morgan fingerprint density at radius 3 is 2.80 bits per heavy atom.